The first-order chi connectivity index (χ1) is 7.39. The number of nitrogens with one attached hydrogen (secondary N) is 1. The summed E-state index contributed by atoms with van der Waals surface area (Å²) in [7, 11) is 0. The third-order valence-corrected chi connectivity index (χ3v) is 3.74. The quantitative estimate of drug-likeness (QED) is 0.572. The molecular formula is C13H27N3. The Morgan fingerprint density at radius 3 is 2.56 bits per heavy atom. The van der Waals surface area contributed by atoms with Crippen LogP contribution >= 0.6 is 0 Å². The second-order valence-electron chi connectivity index (χ2n) is 6.11. The molecule has 0 aromatic rings. The van der Waals surface area contributed by atoms with Crippen molar-refractivity contribution in [3.8, 4) is 0 Å². The largest absolute Gasteiger partial charge is 0.388 e. The fraction of sp³-hybridized carbons (Fsp3) is 0.923. The summed E-state index contributed by atoms with van der Waals surface area (Å²) in [5.74, 6) is 1.16. The highest BCUT2D eigenvalue weighted by Crippen LogP contribution is 2.34. The molecule has 1 aliphatic rings. The summed E-state index contributed by atoms with van der Waals surface area (Å²) in [4.78, 5) is 2.47. The molecule has 0 saturated carbocycles. The summed E-state index contributed by atoms with van der Waals surface area (Å²) in [5, 5.41) is 7.26. The van der Waals surface area contributed by atoms with E-state index in [-0.39, 0.29) is 0 Å². The highest BCUT2D eigenvalue weighted by atomic mass is 15.1. The first-order valence-electron chi connectivity index (χ1n) is 6.45. The van der Waals surface area contributed by atoms with Crippen LogP contribution in [-0.4, -0.2) is 30.4 Å². The van der Waals surface area contributed by atoms with Gasteiger partial charge in [0.15, 0.2) is 0 Å². The molecule has 3 N–H and O–H groups in total. The third kappa shape index (κ3) is 4.52. The lowest BCUT2D eigenvalue weighted by Crippen LogP contribution is -2.29. The number of nitrogens with two attached hydrogens (primary N) is 1. The van der Waals surface area contributed by atoms with Crippen LogP contribution in [0.25, 0.3) is 0 Å². The van der Waals surface area contributed by atoms with Crippen LogP contribution in [0.3, 0.4) is 0 Å². The summed E-state index contributed by atoms with van der Waals surface area (Å²) in [5.41, 5.74) is 5.84. The molecule has 0 bridgehead atoms. The van der Waals surface area contributed by atoms with Crippen molar-refractivity contribution < 1.29 is 0 Å². The Bertz CT molecular complexity index is 230. The lowest BCUT2D eigenvalue weighted by atomic mass is 9.77. The highest BCUT2D eigenvalue weighted by Gasteiger charge is 2.26. The van der Waals surface area contributed by atoms with Gasteiger partial charge >= 0.3 is 0 Å². The van der Waals surface area contributed by atoms with Gasteiger partial charge in [-0.15, -0.1) is 0 Å². The molecule has 1 rings (SSSR count). The molecule has 3 nitrogen and oxygen atoms in total. The first-order valence-corrected chi connectivity index (χ1v) is 6.45. The Labute approximate surface area is 99.9 Å². The smallest absolute Gasteiger partial charge is 0.0918 e. The van der Waals surface area contributed by atoms with E-state index in [1.165, 1.54) is 32.4 Å². The summed E-state index contributed by atoms with van der Waals surface area (Å²) in [6.45, 7) is 10.4. The third-order valence-electron chi connectivity index (χ3n) is 3.74. The van der Waals surface area contributed by atoms with Gasteiger partial charge in [-0.1, -0.05) is 20.8 Å². The van der Waals surface area contributed by atoms with Crippen LogP contribution in [0.5, 0.6) is 0 Å². The van der Waals surface area contributed by atoms with E-state index in [0.29, 0.717) is 11.3 Å². The molecule has 94 valence electrons. The van der Waals surface area contributed by atoms with Crippen molar-refractivity contribution in [2.24, 2.45) is 17.1 Å². The molecule has 0 amide bonds. The Balaban J connectivity index is 2.37. The minimum atomic E-state index is 0.316. The van der Waals surface area contributed by atoms with E-state index in [9.17, 15) is 0 Å². The van der Waals surface area contributed by atoms with Crippen molar-refractivity contribution in [3.63, 3.8) is 0 Å². The summed E-state index contributed by atoms with van der Waals surface area (Å²) < 4.78 is 0. The summed E-state index contributed by atoms with van der Waals surface area (Å²) >= 11 is 0. The molecule has 1 saturated heterocycles. The van der Waals surface area contributed by atoms with Crippen molar-refractivity contribution in [2.75, 3.05) is 19.6 Å². The fourth-order valence-corrected chi connectivity index (χ4v) is 2.52. The van der Waals surface area contributed by atoms with E-state index in [4.69, 9.17) is 11.1 Å². The number of rotatable bonds is 3. The van der Waals surface area contributed by atoms with Gasteiger partial charge < -0.3 is 10.6 Å². The van der Waals surface area contributed by atoms with Gasteiger partial charge in [0.2, 0.25) is 0 Å². The van der Waals surface area contributed by atoms with Gasteiger partial charge in [0, 0.05) is 13.0 Å². The average molecular weight is 225 g/mol. The Morgan fingerprint density at radius 1 is 1.31 bits per heavy atom. The van der Waals surface area contributed by atoms with Gasteiger partial charge in [0.1, 0.15) is 0 Å². The minimum Gasteiger partial charge on any atom is -0.388 e. The van der Waals surface area contributed by atoms with E-state index < -0.39 is 0 Å². The molecule has 1 fully saturated rings. The van der Waals surface area contributed by atoms with Crippen LogP contribution in [0.4, 0.5) is 0 Å². The van der Waals surface area contributed by atoms with Crippen LogP contribution in [0.2, 0.25) is 0 Å². The zero-order valence-corrected chi connectivity index (χ0v) is 11.1. The van der Waals surface area contributed by atoms with Gasteiger partial charge in [-0.2, -0.15) is 0 Å². The highest BCUT2D eigenvalue weighted by molar-refractivity contribution is 5.76. The van der Waals surface area contributed by atoms with Crippen LogP contribution in [0, 0.1) is 16.7 Å². The maximum atomic E-state index is 7.26. The topological polar surface area (TPSA) is 53.1 Å². The Morgan fingerprint density at radius 2 is 2.00 bits per heavy atom. The lowest BCUT2D eigenvalue weighted by molar-refractivity contribution is 0.209. The van der Waals surface area contributed by atoms with Crippen molar-refractivity contribution in [1.82, 2.24) is 4.90 Å². The van der Waals surface area contributed by atoms with Crippen molar-refractivity contribution in [2.45, 2.75) is 46.5 Å². The zero-order chi connectivity index (χ0) is 12.2. The number of hydrogen-bond acceptors (Lipinski definition) is 2. The fourth-order valence-electron chi connectivity index (χ4n) is 2.52. The summed E-state index contributed by atoms with van der Waals surface area (Å²) in [6, 6.07) is 0. The molecule has 16 heavy (non-hydrogen) atoms. The van der Waals surface area contributed by atoms with Crippen LogP contribution in [0.1, 0.15) is 46.5 Å². The van der Waals surface area contributed by atoms with Gasteiger partial charge in [-0.3, -0.25) is 5.41 Å². The maximum absolute atomic E-state index is 7.26. The molecule has 1 atom stereocenters. The van der Waals surface area contributed by atoms with Crippen LogP contribution < -0.4 is 5.73 Å². The minimum absolute atomic E-state index is 0.316. The van der Waals surface area contributed by atoms with E-state index in [0.717, 1.165) is 18.9 Å². The molecule has 1 heterocycles. The molecule has 0 aromatic heterocycles. The number of likely N-dealkylation sites (tertiary alicyclic amines) is 1. The van der Waals surface area contributed by atoms with Crippen molar-refractivity contribution >= 4 is 5.84 Å². The molecular weight excluding hydrogens is 198 g/mol. The van der Waals surface area contributed by atoms with Gasteiger partial charge in [0.25, 0.3) is 0 Å². The van der Waals surface area contributed by atoms with Crippen LogP contribution in [0.15, 0.2) is 0 Å². The van der Waals surface area contributed by atoms with Crippen molar-refractivity contribution in [1.29, 1.82) is 5.41 Å². The second-order valence-corrected chi connectivity index (χ2v) is 6.11. The normalized spacial score (nSPS) is 24.1. The van der Waals surface area contributed by atoms with E-state index in [2.05, 4.69) is 25.7 Å². The molecule has 0 spiro atoms. The molecule has 0 aromatic carbocycles. The lowest BCUT2D eigenvalue weighted by Gasteiger charge is -2.29. The summed E-state index contributed by atoms with van der Waals surface area (Å²) in [6.07, 6.45) is 4.65. The average Bonchev–Trinajstić information content (AvgIpc) is 2.38. The molecule has 1 unspecified atom stereocenters. The Hall–Kier alpha value is -0.570. The standard InChI is InChI=1S/C13H27N3/c1-13(2,3)11-5-4-8-16(9-6-11)10-7-12(14)15/h11H,4-10H2,1-3H3,(H3,14,15). The maximum Gasteiger partial charge on any atom is 0.0918 e. The van der Waals surface area contributed by atoms with Gasteiger partial charge in [0.05, 0.1) is 5.84 Å². The van der Waals surface area contributed by atoms with Gasteiger partial charge in [-0.25, -0.2) is 0 Å². The monoisotopic (exact) mass is 225 g/mol. The zero-order valence-electron chi connectivity index (χ0n) is 11.1. The SMILES string of the molecule is CC(C)(C)C1CCCN(CCC(=N)N)CC1. The predicted molar refractivity (Wildman–Crippen MR) is 69.8 cm³/mol. The number of amidine groups is 1. The second kappa shape index (κ2) is 5.67. The molecule has 3 heteroatoms. The van der Waals surface area contributed by atoms with E-state index in [1.807, 2.05) is 0 Å². The number of hydrogen-bond donors (Lipinski definition) is 2. The van der Waals surface area contributed by atoms with E-state index >= 15 is 0 Å². The molecule has 1 aliphatic heterocycles. The molecule has 0 aliphatic carbocycles. The van der Waals surface area contributed by atoms with Gasteiger partial charge in [-0.05, 0) is 43.7 Å². The van der Waals surface area contributed by atoms with Crippen molar-refractivity contribution in [3.05, 3.63) is 0 Å². The molecule has 0 radical (unpaired) electrons. The van der Waals surface area contributed by atoms with E-state index in [1.54, 1.807) is 0 Å². The first kappa shape index (κ1) is 13.5. The Kier molecular flexibility index (Phi) is 4.78. The van der Waals surface area contributed by atoms with Crippen LogP contribution in [-0.2, 0) is 0 Å². The predicted octanol–water partition coefficient (Wildman–Crippen LogP) is 2.46. The number of nitrogens with zero attached hydrogens (tertiary/aromatic N) is 1.